The van der Waals surface area contributed by atoms with E-state index in [0.29, 0.717) is 18.0 Å². The third-order valence-electron chi connectivity index (χ3n) is 5.89. The fourth-order valence-corrected chi connectivity index (χ4v) is 4.34. The Bertz CT molecular complexity index is 1320. The summed E-state index contributed by atoms with van der Waals surface area (Å²) in [5.74, 6) is 1.43. The van der Waals surface area contributed by atoms with Crippen LogP contribution in [-0.4, -0.2) is 31.7 Å². The zero-order valence-electron chi connectivity index (χ0n) is 18.0. The van der Waals surface area contributed by atoms with E-state index in [4.69, 9.17) is 9.72 Å². The summed E-state index contributed by atoms with van der Waals surface area (Å²) in [6.07, 6.45) is 9.61. The van der Waals surface area contributed by atoms with E-state index < -0.39 is 0 Å². The first-order chi connectivity index (χ1) is 16.1. The Morgan fingerprint density at radius 2 is 2.00 bits per heavy atom. The van der Waals surface area contributed by atoms with Gasteiger partial charge in [0.15, 0.2) is 0 Å². The minimum Gasteiger partial charge on any atom is -0.457 e. The number of hydrogen-bond acceptors (Lipinski definition) is 4. The van der Waals surface area contributed by atoms with Crippen molar-refractivity contribution in [2.75, 3.05) is 6.54 Å². The normalized spacial score (nSPS) is 16.0. The van der Waals surface area contributed by atoms with E-state index >= 15 is 0 Å². The lowest BCUT2D eigenvalue weighted by Crippen LogP contribution is -2.38. The molecule has 2 aromatic heterocycles. The molecule has 0 radical (unpaired) electrons. The van der Waals surface area contributed by atoms with Crippen molar-refractivity contribution in [1.82, 2.24) is 19.3 Å². The van der Waals surface area contributed by atoms with Gasteiger partial charge in [-0.15, -0.1) is 0 Å². The molecule has 0 spiro atoms. The monoisotopic (exact) mass is 442 g/mol. The van der Waals surface area contributed by atoms with Crippen LogP contribution in [0.1, 0.15) is 31.1 Å². The predicted molar refractivity (Wildman–Crippen MR) is 123 cm³/mol. The van der Waals surface area contributed by atoms with E-state index in [1.807, 2.05) is 39.8 Å². The number of aromatic nitrogens is 3. The molecule has 33 heavy (non-hydrogen) atoms. The summed E-state index contributed by atoms with van der Waals surface area (Å²) in [4.78, 5) is 23.6. The molecule has 0 N–H and O–H groups in total. The zero-order valence-corrected chi connectivity index (χ0v) is 18.0. The Kier molecular flexibility index (Phi) is 5.60. The fourth-order valence-electron chi connectivity index (χ4n) is 4.34. The van der Waals surface area contributed by atoms with E-state index in [9.17, 15) is 9.18 Å². The highest BCUT2D eigenvalue weighted by Crippen LogP contribution is 2.35. The highest BCUT2D eigenvalue weighted by atomic mass is 19.1. The SMILES string of the molecule is C=CC(=O)N1CCCC[C@H]1c1nc(-c2ccc(Oc3cccc(F)c3)cc2)c2cnccn12. The molecule has 4 aromatic rings. The number of piperidine rings is 1. The number of fused-ring (bicyclic) bond motifs is 1. The number of halogens is 1. The van der Waals surface area contributed by atoms with Crippen LogP contribution in [0.5, 0.6) is 11.5 Å². The number of imidazole rings is 1. The van der Waals surface area contributed by atoms with Crippen LogP contribution in [0.15, 0.2) is 79.8 Å². The quantitative estimate of drug-likeness (QED) is 0.379. The van der Waals surface area contributed by atoms with E-state index in [0.717, 1.165) is 41.9 Å². The molecule has 5 rings (SSSR count). The molecule has 2 aromatic carbocycles. The number of nitrogens with zero attached hydrogens (tertiary/aromatic N) is 4. The maximum Gasteiger partial charge on any atom is 0.246 e. The van der Waals surface area contributed by atoms with Crippen LogP contribution in [0, 0.1) is 5.82 Å². The topological polar surface area (TPSA) is 59.7 Å². The van der Waals surface area contributed by atoms with Crippen LogP contribution in [-0.2, 0) is 4.79 Å². The number of ether oxygens (including phenoxy) is 1. The van der Waals surface area contributed by atoms with Crippen molar-refractivity contribution in [2.24, 2.45) is 0 Å². The molecule has 0 aliphatic carbocycles. The van der Waals surface area contributed by atoms with Crippen molar-refractivity contribution in [2.45, 2.75) is 25.3 Å². The second-order valence-corrected chi connectivity index (χ2v) is 7.98. The molecule has 3 heterocycles. The molecular formula is C26H23FN4O2. The molecule has 0 bridgehead atoms. The van der Waals surface area contributed by atoms with Gasteiger partial charge in [0.1, 0.15) is 23.1 Å². The molecule has 1 fully saturated rings. The van der Waals surface area contributed by atoms with Crippen LogP contribution in [0.2, 0.25) is 0 Å². The first-order valence-electron chi connectivity index (χ1n) is 10.9. The molecule has 1 amide bonds. The van der Waals surface area contributed by atoms with Crippen molar-refractivity contribution in [3.05, 3.63) is 91.4 Å². The van der Waals surface area contributed by atoms with Gasteiger partial charge in [0, 0.05) is 30.6 Å². The summed E-state index contributed by atoms with van der Waals surface area (Å²) < 4.78 is 21.2. The molecule has 0 saturated carbocycles. The van der Waals surface area contributed by atoms with E-state index in [1.54, 1.807) is 24.5 Å². The molecule has 7 heteroatoms. The summed E-state index contributed by atoms with van der Waals surface area (Å²) in [6, 6.07) is 13.4. The average molecular weight is 442 g/mol. The van der Waals surface area contributed by atoms with Gasteiger partial charge in [-0.25, -0.2) is 9.37 Å². The molecule has 166 valence electrons. The number of carbonyl (C=O) groups excluding carboxylic acids is 1. The molecule has 1 atom stereocenters. The van der Waals surface area contributed by atoms with E-state index in [1.165, 1.54) is 18.2 Å². The average Bonchev–Trinajstić information content (AvgIpc) is 3.24. The Morgan fingerprint density at radius 1 is 1.15 bits per heavy atom. The van der Waals surface area contributed by atoms with Crippen molar-refractivity contribution < 1.29 is 13.9 Å². The summed E-state index contributed by atoms with van der Waals surface area (Å²) >= 11 is 0. The summed E-state index contributed by atoms with van der Waals surface area (Å²) in [6.45, 7) is 4.35. The van der Waals surface area contributed by atoms with Gasteiger partial charge in [0.05, 0.1) is 23.4 Å². The molecule has 0 unspecified atom stereocenters. The summed E-state index contributed by atoms with van der Waals surface area (Å²) in [5, 5.41) is 0. The molecule has 1 aliphatic rings. The summed E-state index contributed by atoms with van der Waals surface area (Å²) in [5.41, 5.74) is 2.55. The lowest BCUT2D eigenvalue weighted by Gasteiger charge is -2.34. The van der Waals surface area contributed by atoms with Gasteiger partial charge in [0.2, 0.25) is 5.91 Å². The molecule has 6 nitrogen and oxygen atoms in total. The minimum absolute atomic E-state index is 0.0779. The van der Waals surface area contributed by atoms with Gasteiger partial charge in [-0.3, -0.25) is 14.2 Å². The third-order valence-corrected chi connectivity index (χ3v) is 5.89. The standard InChI is InChI=1S/C26H23FN4O2/c1-2-24(32)30-14-4-3-8-22(30)26-29-25(23-17-28-13-15-31(23)26)18-9-11-20(12-10-18)33-21-7-5-6-19(27)16-21/h2,5-7,9-13,15-17,22H,1,3-4,8,14H2/t22-/m0/s1. The van der Waals surface area contributed by atoms with Gasteiger partial charge < -0.3 is 9.64 Å². The minimum atomic E-state index is -0.347. The van der Waals surface area contributed by atoms with Crippen molar-refractivity contribution in [3.8, 4) is 22.8 Å². The van der Waals surface area contributed by atoms with Gasteiger partial charge in [-0.1, -0.05) is 12.6 Å². The first-order valence-corrected chi connectivity index (χ1v) is 10.9. The second kappa shape index (κ2) is 8.86. The maximum absolute atomic E-state index is 13.4. The van der Waals surface area contributed by atoms with Gasteiger partial charge in [-0.2, -0.15) is 0 Å². The summed E-state index contributed by atoms with van der Waals surface area (Å²) in [7, 11) is 0. The lowest BCUT2D eigenvalue weighted by atomic mass is 10.0. The van der Waals surface area contributed by atoms with Crippen LogP contribution >= 0.6 is 0 Å². The molecule has 1 aliphatic heterocycles. The first kappa shape index (κ1) is 20.9. The zero-order chi connectivity index (χ0) is 22.8. The fraction of sp³-hybridized carbons (Fsp3) is 0.192. The van der Waals surface area contributed by atoms with Gasteiger partial charge >= 0.3 is 0 Å². The van der Waals surface area contributed by atoms with Crippen LogP contribution < -0.4 is 4.74 Å². The number of benzene rings is 2. The van der Waals surface area contributed by atoms with E-state index in [-0.39, 0.29) is 17.8 Å². The number of amides is 1. The Hall–Kier alpha value is -4.00. The van der Waals surface area contributed by atoms with Crippen molar-refractivity contribution in [3.63, 3.8) is 0 Å². The molecule has 1 saturated heterocycles. The number of rotatable bonds is 5. The number of hydrogen-bond donors (Lipinski definition) is 0. The Morgan fingerprint density at radius 3 is 2.79 bits per heavy atom. The highest BCUT2D eigenvalue weighted by molar-refractivity contribution is 5.87. The smallest absolute Gasteiger partial charge is 0.246 e. The van der Waals surface area contributed by atoms with Gasteiger partial charge in [-0.05, 0) is 61.7 Å². The van der Waals surface area contributed by atoms with Crippen LogP contribution in [0.3, 0.4) is 0 Å². The second-order valence-electron chi connectivity index (χ2n) is 7.98. The van der Waals surface area contributed by atoms with Crippen molar-refractivity contribution >= 4 is 11.4 Å². The highest BCUT2D eigenvalue weighted by Gasteiger charge is 2.30. The Balaban J connectivity index is 1.50. The lowest BCUT2D eigenvalue weighted by molar-refractivity contribution is -0.129. The van der Waals surface area contributed by atoms with E-state index in [2.05, 4.69) is 11.6 Å². The number of carbonyl (C=O) groups is 1. The molecular weight excluding hydrogens is 419 g/mol. The van der Waals surface area contributed by atoms with Gasteiger partial charge in [0.25, 0.3) is 0 Å². The largest absolute Gasteiger partial charge is 0.457 e. The third kappa shape index (κ3) is 4.09. The van der Waals surface area contributed by atoms with Crippen molar-refractivity contribution in [1.29, 1.82) is 0 Å². The Labute approximate surface area is 191 Å². The van der Waals surface area contributed by atoms with Crippen LogP contribution in [0.4, 0.5) is 4.39 Å². The predicted octanol–water partition coefficient (Wildman–Crippen LogP) is 5.57. The number of likely N-dealkylation sites (tertiary alicyclic amines) is 1. The van der Waals surface area contributed by atoms with Crippen LogP contribution in [0.25, 0.3) is 16.8 Å². The maximum atomic E-state index is 13.4.